The number of benzene rings is 1. The fourth-order valence-corrected chi connectivity index (χ4v) is 1.24. The van der Waals surface area contributed by atoms with Gasteiger partial charge in [-0.1, -0.05) is 11.6 Å². The first-order chi connectivity index (χ1) is 7.13. The molecule has 0 fully saturated rings. The van der Waals surface area contributed by atoms with E-state index in [9.17, 15) is 0 Å². The van der Waals surface area contributed by atoms with Crippen molar-refractivity contribution in [3.63, 3.8) is 0 Å². The first-order valence-electron chi connectivity index (χ1n) is 4.65. The molecule has 0 aliphatic rings. The Morgan fingerprint density at radius 2 is 1.87 bits per heavy atom. The molecule has 0 saturated carbocycles. The van der Waals surface area contributed by atoms with E-state index >= 15 is 0 Å². The van der Waals surface area contributed by atoms with E-state index in [-0.39, 0.29) is 0 Å². The van der Waals surface area contributed by atoms with Gasteiger partial charge in [-0.2, -0.15) is 0 Å². The Morgan fingerprint density at radius 1 is 1.27 bits per heavy atom. The molecule has 0 bridgehead atoms. The summed E-state index contributed by atoms with van der Waals surface area (Å²) in [6.45, 7) is 0. The monoisotopic (exact) mass is 224 g/mol. The molecule has 0 aliphatic heterocycles. The van der Waals surface area contributed by atoms with Gasteiger partial charge in [0.05, 0.1) is 12.1 Å². The van der Waals surface area contributed by atoms with E-state index in [0.29, 0.717) is 5.03 Å². The van der Waals surface area contributed by atoms with Crippen LogP contribution in [-0.4, -0.2) is 32.0 Å². The Kier molecular flexibility index (Phi) is 4.37. The zero-order valence-corrected chi connectivity index (χ0v) is 9.95. The molecule has 0 saturated heterocycles. The zero-order valence-electron chi connectivity index (χ0n) is 9.20. The summed E-state index contributed by atoms with van der Waals surface area (Å²) in [6.07, 6.45) is 3.77. The maximum Gasteiger partial charge on any atom is 0.164 e. The topological polar surface area (TPSA) is 12.2 Å². The van der Waals surface area contributed by atoms with Crippen molar-refractivity contribution >= 4 is 22.8 Å². The molecule has 0 spiro atoms. The van der Waals surface area contributed by atoms with Gasteiger partial charge in [-0.05, 0) is 29.8 Å². The highest BCUT2D eigenvalue weighted by Gasteiger charge is 1.98. The summed E-state index contributed by atoms with van der Waals surface area (Å²) in [4.78, 5) is 0. The maximum atomic E-state index is 6.11. The molecule has 0 aromatic heterocycles. The number of hydrogen-bond acceptors (Lipinski definition) is 1. The van der Waals surface area contributed by atoms with Crippen molar-refractivity contribution in [2.45, 2.75) is 0 Å². The van der Waals surface area contributed by atoms with Crippen molar-refractivity contribution in [3.05, 3.63) is 35.9 Å². The maximum absolute atomic E-state index is 6.11. The van der Waals surface area contributed by atoms with Crippen LogP contribution in [0.3, 0.4) is 0 Å². The molecular weight excluding hydrogens is 210 g/mol. The van der Waals surface area contributed by atoms with Crippen LogP contribution in [0.5, 0.6) is 5.75 Å². The van der Waals surface area contributed by atoms with Crippen LogP contribution in [0.2, 0.25) is 0 Å². The van der Waals surface area contributed by atoms with Gasteiger partial charge in [-0.3, -0.25) is 0 Å². The lowest BCUT2D eigenvalue weighted by molar-refractivity contribution is -0.458. The highest BCUT2D eigenvalue weighted by Crippen LogP contribution is 2.20. The minimum absolute atomic E-state index is 0.714. The summed E-state index contributed by atoms with van der Waals surface area (Å²) >= 11 is 6.11. The van der Waals surface area contributed by atoms with E-state index < -0.39 is 0 Å². The van der Waals surface area contributed by atoms with Gasteiger partial charge in [-0.25, -0.2) is 4.58 Å². The zero-order chi connectivity index (χ0) is 11.3. The van der Waals surface area contributed by atoms with E-state index in [4.69, 9.17) is 16.3 Å². The predicted molar refractivity (Wildman–Crippen MR) is 65.0 cm³/mol. The molecule has 80 valence electrons. The molecule has 2 nitrogen and oxygen atoms in total. The van der Waals surface area contributed by atoms with Gasteiger partial charge in [-0.15, -0.1) is 0 Å². The van der Waals surface area contributed by atoms with Crippen LogP contribution in [-0.2, 0) is 0 Å². The Hall–Kier alpha value is -1.28. The van der Waals surface area contributed by atoms with Crippen molar-refractivity contribution in [2.24, 2.45) is 0 Å². The van der Waals surface area contributed by atoms with Crippen LogP contribution in [0.25, 0.3) is 5.03 Å². The SMILES string of the molecule is COc1ccc(C(Cl)=CC=[N+](C)C)cc1. The fourth-order valence-electron chi connectivity index (χ4n) is 1.06. The first kappa shape index (κ1) is 11.8. The van der Waals surface area contributed by atoms with E-state index in [1.165, 1.54) is 0 Å². The number of hydrogen-bond donors (Lipinski definition) is 0. The lowest BCUT2D eigenvalue weighted by Crippen LogP contribution is -1.95. The standard InChI is InChI=1S/C12H15ClNO/c1-14(2)9-8-12(13)10-4-6-11(15-3)7-5-10/h4-9H,1-3H3/q+1. The Balaban J connectivity index is 2.87. The van der Waals surface area contributed by atoms with Crippen LogP contribution in [0.15, 0.2) is 30.3 Å². The molecule has 1 aromatic carbocycles. The third-order valence-corrected chi connectivity index (χ3v) is 2.23. The van der Waals surface area contributed by atoms with Gasteiger partial charge in [0, 0.05) is 6.08 Å². The van der Waals surface area contributed by atoms with Crippen molar-refractivity contribution < 1.29 is 9.31 Å². The molecule has 0 amide bonds. The largest absolute Gasteiger partial charge is 0.497 e. The van der Waals surface area contributed by atoms with Crippen molar-refractivity contribution in [1.82, 2.24) is 0 Å². The van der Waals surface area contributed by atoms with Crippen molar-refractivity contribution in [3.8, 4) is 5.75 Å². The molecule has 1 aromatic rings. The molecule has 3 heteroatoms. The van der Waals surface area contributed by atoms with Gasteiger partial charge in [0.2, 0.25) is 0 Å². The van der Waals surface area contributed by atoms with Crippen LogP contribution >= 0.6 is 11.6 Å². The molecule has 0 heterocycles. The molecule has 1 rings (SSSR count). The van der Waals surface area contributed by atoms with Gasteiger partial charge in [0.1, 0.15) is 19.8 Å². The first-order valence-corrected chi connectivity index (χ1v) is 5.03. The van der Waals surface area contributed by atoms with Gasteiger partial charge < -0.3 is 4.74 Å². The second-order valence-electron chi connectivity index (χ2n) is 3.36. The molecule has 0 N–H and O–H groups in total. The summed E-state index contributed by atoms with van der Waals surface area (Å²) in [5.74, 6) is 0.833. The van der Waals surface area contributed by atoms with Crippen LogP contribution in [0.1, 0.15) is 5.56 Å². The van der Waals surface area contributed by atoms with E-state index in [1.54, 1.807) is 7.11 Å². The molecule has 0 atom stereocenters. The quantitative estimate of drug-likeness (QED) is 0.568. The Morgan fingerprint density at radius 3 is 2.33 bits per heavy atom. The van der Waals surface area contributed by atoms with Crippen LogP contribution in [0, 0.1) is 0 Å². The smallest absolute Gasteiger partial charge is 0.164 e. The Labute approximate surface area is 95.5 Å². The summed E-state index contributed by atoms with van der Waals surface area (Å²) in [6, 6.07) is 7.64. The summed E-state index contributed by atoms with van der Waals surface area (Å²) in [7, 11) is 5.55. The lowest BCUT2D eigenvalue weighted by atomic mass is 10.2. The highest BCUT2D eigenvalue weighted by molar-refractivity contribution is 6.49. The predicted octanol–water partition coefficient (Wildman–Crippen LogP) is 2.62. The highest BCUT2D eigenvalue weighted by atomic mass is 35.5. The summed E-state index contributed by atoms with van der Waals surface area (Å²) in [5.41, 5.74) is 0.982. The minimum Gasteiger partial charge on any atom is -0.497 e. The molecular formula is C12H15ClNO+. The molecule has 15 heavy (non-hydrogen) atoms. The average molecular weight is 225 g/mol. The van der Waals surface area contributed by atoms with Crippen LogP contribution in [0.4, 0.5) is 0 Å². The molecule has 0 aliphatic carbocycles. The van der Waals surface area contributed by atoms with Gasteiger partial charge in [0.15, 0.2) is 6.21 Å². The summed E-state index contributed by atoms with van der Waals surface area (Å²) in [5, 5.41) is 0.714. The third kappa shape index (κ3) is 3.76. The minimum atomic E-state index is 0.714. The molecule has 0 unspecified atom stereocenters. The number of ether oxygens (including phenoxy) is 1. The lowest BCUT2D eigenvalue weighted by Gasteiger charge is -2.01. The number of allylic oxidation sites excluding steroid dienone is 1. The third-order valence-electron chi connectivity index (χ3n) is 1.88. The Bertz CT molecular complexity index is 375. The summed E-state index contributed by atoms with van der Waals surface area (Å²) < 4.78 is 7.00. The van der Waals surface area contributed by atoms with Crippen LogP contribution < -0.4 is 4.74 Å². The normalized spacial score (nSPS) is 11.1. The van der Waals surface area contributed by atoms with E-state index in [1.807, 2.05) is 55.2 Å². The fraction of sp³-hybridized carbons (Fsp3) is 0.250. The second kappa shape index (κ2) is 5.56. The number of methoxy groups -OCH3 is 1. The molecule has 0 radical (unpaired) electrons. The number of halogens is 1. The van der Waals surface area contributed by atoms with Gasteiger partial charge >= 0.3 is 0 Å². The van der Waals surface area contributed by atoms with E-state index in [2.05, 4.69) is 0 Å². The average Bonchev–Trinajstić information content (AvgIpc) is 2.26. The van der Waals surface area contributed by atoms with E-state index in [0.717, 1.165) is 11.3 Å². The number of rotatable bonds is 3. The second-order valence-corrected chi connectivity index (χ2v) is 3.76. The van der Waals surface area contributed by atoms with Crippen molar-refractivity contribution in [2.75, 3.05) is 21.2 Å². The van der Waals surface area contributed by atoms with Crippen molar-refractivity contribution in [1.29, 1.82) is 0 Å². The van der Waals surface area contributed by atoms with Gasteiger partial charge in [0.25, 0.3) is 0 Å². The number of nitrogens with zero attached hydrogens (tertiary/aromatic N) is 1.